The molecular weight excluding hydrogens is 317 g/mol. The van der Waals surface area contributed by atoms with Gasteiger partial charge < -0.3 is 10.8 Å². The zero-order valence-corrected chi connectivity index (χ0v) is 13.0. The van der Waals surface area contributed by atoms with Crippen molar-refractivity contribution in [3.8, 4) is 0 Å². The first-order valence-corrected chi connectivity index (χ1v) is 7.63. The van der Waals surface area contributed by atoms with Crippen LogP contribution in [0.4, 0.5) is 5.13 Å². The molecule has 0 unspecified atom stereocenters. The van der Waals surface area contributed by atoms with Crippen LogP contribution in [-0.2, 0) is 13.1 Å². The van der Waals surface area contributed by atoms with Gasteiger partial charge in [0, 0.05) is 30.7 Å². The summed E-state index contributed by atoms with van der Waals surface area (Å²) in [5, 5.41) is 10.8. The molecule has 1 aromatic carbocycles. The van der Waals surface area contributed by atoms with Gasteiger partial charge in [-0.15, -0.1) is 11.3 Å². The normalized spacial score (nSPS) is 11.2. The second-order valence-electron chi connectivity index (χ2n) is 4.35. The van der Waals surface area contributed by atoms with E-state index in [-0.39, 0.29) is 6.61 Å². The predicted molar refractivity (Wildman–Crippen MR) is 84.2 cm³/mol. The van der Waals surface area contributed by atoms with Crippen LogP contribution in [0, 0.1) is 0 Å². The number of benzene rings is 1. The lowest BCUT2D eigenvalue weighted by Crippen LogP contribution is -2.25. The van der Waals surface area contributed by atoms with E-state index in [2.05, 4.69) is 9.88 Å². The molecule has 1 aromatic heterocycles. The van der Waals surface area contributed by atoms with Gasteiger partial charge in [-0.3, -0.25) is 4.90 Å². The molecule has 0 bridgehead atoms. The van der Waals surface area contributed by atoms with Crippen LogP contribution in [0.1, 0.15) is 10.4 Å². The molecular formula is C13H15Cl2N3OS. The van der Waals surface area contributed by atoms with Crippen molar-refractivity contribution in [1.82, 2.24) is 9.88 Å². The average Bonchev–Trinajstić information content (AvgIpc) is 2.80. The summed E-state index contributed by atoms with van der Waals surface area (Å²) in [6.45, 7) is 2.03. The molecule has 4 nitrogen and oxygen atoms in total. The number of halogens is 2. The molecule has 0 aliphatic carbocycles. The zero-order valence-electron chi connectivity index (χ0n) is 10.7. The number of hydrogen-bond acceptors (Lipinski definition) is 5. The monoisotopic (exact) mass is 331 g/mol. The smallest absolute Gasteiger partial charge is 0.180 e. The fraction of sp³-hybridized carbons (Fsp3) is 0.308. The van der Waals surface area contributed by atoms with Crippen LogP contribution in [0.2, 0.25) is 10.0 Å². The minimum Gasteiger partial charge on any atom is -0.395 e. The minimum absolute atomic E-state index is 0.0929. The summed E-state index contributed by atoms with van der Waals surface area (Å²) < 4.78 is 0. The Bertz CT molecular complexity index is 576. The first kappa shape index (κ1) is 15.5. The quantitative estimate of drug-likeness (QED) is 0.854. The van der Waals surface area contributed by atoms with Crippen LogP contribution in [0.15, 0.2) is 24.4 Å². The molecule has 0 fully saturated rings. The van der Waals surface area contributed by atoms with E-state index >= 15 is 0 Å². The van der Waals surface area contributed by atoms with E-state index in [0.717, 1.165) is 10.4 Å². The van der Waals surface area contributed by atoms with Crippen molar-refractivity contribution in [2.75, 3.05) is 18.9 Å². The highest BCUT2D eigenvalue weighted by Gasteiger charge is 2.10. The highest BCUT2D eigenvalue weighted by molar-refractivity contribution is 7.15. The molecule has 0 saturated carbocycles. The van der Waals surface area contributed by atoms with E-state index in [1.165, 1.54) is 11.3 Å². The fourth-order valence-corrected chi connectivity index (χ4v) is 2.92. The first-order chi connectivity index (χ1) is 9.58. The van der Waals surface area contributed by atoms with Crippen molar-refractivity contribution in [1.29, 1.82) is 0 Å². The lowest BCUT2D eigenvalue weighted by molar-refractivity contribution is 0.185. The van der Waals surface area contributed by atoms with Gasteiger partial charge in [0.2, 0.25) is 0 Å². The lowest BCUT2D eigenvalue weighted by Gasteiger charge is -2.20. The second kappa shape index (κ2) is 7.24. The summed E-state index contributed by atoms with van der Waals surface area (Å²) in [4.78, 5) is 7.20. The van der Waals surface area contributed by atoms with Crippen molar-refractivity contribution in [3.63, 3.8) is 0 Å². The minimum atomic E-state index is 0.0929. The average molecular weight is 332 g/mol. The molecule has 1 heterocycles. The molecule has 0 atom stereocenters. The Balaban J connectivity index is 2.06. The van der Waals surface area contributed by atoms with Crippen LogP contribution in [0.3, 0.4) is 0 Å². The number of rotatable bonds is 6. The number of aromatic nitrogens is 1. The maximum atomic E-state index is 9.17. The number of nitrogens with two attached hydrogens (primary N) is 1. The first-order valence-electron chi connectivity index (χ1n) is 6.06. The largest absolute Gasteiger partial charge is 0.395 e. The molecule has 0 radical (unpaired) electrons. The molecule has 2 aromatic rings. The third kappa shape index (κ3) is 4.33. The molecule has 3 N–H and O–H groups in total. The van der Waals surface area contributed by atoms with Gasteiger partial charge in [-0.05, 0) is 17.7 Å². The summed E-state index contributed by atoms with van der Waals surface area (Å²) in [7, 11) is 0. The summed E-state index contributed by atoms with van der Waals surface area (Å²) in [5.41, 5.74) is 6.67. The van der Waals surface area contributed by atoms with Crippen LogP contribution < -0.4 is 5.73 Å². The van der Waals surface area contributed by atoms with Crippen LogP contribution in [0.5, 0.6) is 0 Å². The van der Waals surface area contributed by atoms with Gasteiger partial charge in [-0.2, -0.15) is 0 Å². The molecule has 0 amide bonds. The molecule has 0 aliphatic heterocycles. The van der Waals surface area contributed by atoms with Crippen LogP contribution in [0.25, 0.3) is 0 Å². The van der Waals surface area contributed by atoms with Gasteiger partial charge in [-0.1, -0.05) is 29.3 Å². The second-order valence-corrected chi connectivity index (χ2v) is 6.31. The van der Waals surface area contributed by atoms with Gasteiger partial charge >= 0.3 is 0 Å². The van der Waals surface area contributed by atoms with Crippen LogP contribution >= 0.6 is 34.5 Å². The van der Waals surface area contributed by atoms with Gasteiger partial charge in [0.1, 0.15) is 0 Å². The Kier molecular flexibility index (Phi) is 5.63. The van der Waals surface area contributed by atoms with E-state index in [4.69, 9.17) is 28.9 Å². The predicted octanol–water partition coefficient (Wildman–Crippen LogP) is 3.03. The summed E-state index contributed by atoms with van der Waals surface area (Å²) in [5.74, 6) is 0. The standard InChI is InChI=1S/C13H15Cl2N3OS/c14-11-2-1-9(5-12(11)15)7-18(3-4-19)8-10-6-17-13(16)20-10/h1-2,5-6,19H,3-4,7-8H2,(H2,16,17). The maximum Gasteiger partial charge on any atom is 0.180 e. The molecule has 0 spiro atoms. The van der Waals surface area contributed by atoms with E-state index in [9.17, 15) is 5.11 Å². The number of nitrogen functional groups attached to an aromatic ring is 1. The Morgan fingerprint density at radius 3 is 2.65 bits per heavy atom. The summed E-state index contributed by atoms with van der Waals surface area (Å²) >= 11 is 13.4. The molecule has 0 aliphatic rings. The van der Waals surface area contributed by atoms with Crippen molar-refractivity contribution >= 4 is 39.7 Å². The van der Waals surface area contributed by atoms with Crippen molar-refractivity contribution in [2.45, 2.75) is 13.1 Å². The molecule has 20 heavy (non-hydrogen) atoms. The fourth-order valence-electron chi connectivity index (χ4n) is 1.87. The Hall–Kier alpha value is -0.850. The van der Waals surface area contributed by atoms with E-state index in [1.807, 2.05) is 12.1 Å². The highest BCUT2D eigenvalue weighted by Crippen LogP contribution is 2.24. The van der Waals surface area contributed by atoms with E-state index in [0.29, 0.717) is 34.8 Å². The SMILES string of the molecule is Nc1ncc(CN(CCO)Cc2ccc(Cl)c(Cl)c2)s1. The number of anilines is 1. The lowest BCUT2D eigenvalue weighted by atomic mass is 10.2. The van der Waals surface area contributed by atoms with Gasteiger partial charge in [-0.25, -0.2) is 4.98 Å². The van der Waals surface area contributed by atoms with E-state index in [1.54, 1.807) is 12.3 Å². The van der Waals surface area contributed by atoms with Crippen molar-refractivity contribution in [3.05, 3.63) is 44.9 Å². The number of nitrogens with zero attached hydrogens (tertiary/aromatic N) is 2. The van der Waals surface area contributed by atoms with Crippen molar-refractivity contribution < 1.29 is 5.11 Å². The highest BCUT2D eigenvalue weighted by atomic mass is 35.5. The van der Waals surface area contributed by atoms with Crippen LogP contribution in [-0.4, -0.2) is 28.1 Å². The summed E-state index contributed by atoms with van der Waals surface area (Å²) in [6, 6.07) is 5.55. The Morgan fingerprint density at radius 2 is 2.05 bits per heavy atom. The maximum absolute atomic E-state index is 9.17. The molecule has 2 rings (SSSR count). The van der Waals surface area contributed by atoms with Gasteiger partial charge in [0.25, 0.3) is 0 Å². The van der Waals surface area contributed by atoms with E-state index < -0.39 is 0 Å². The van der Waals surface area contributed by atoms with Crippen molar-refractivity contribution in [2.24, 2.45) is 0 Å². The van der Waals surface area contributed by atoms with Gasteiger partial charge in [0.15, 0.2) is 5.13 Å². The Labute approximate surface area is 131 Å². The number of aliphatic hydroxyl groups is 1. The number of hydrogen-bond donors (Lipinski definition) is 2. The summed E-state index contributed by atoms with van der Waals surface area (Å²) in [6.07, 6.45) is 1.76. The third-order valence-electron chi connectivity index (χ3n) is 2.76. The molecule has 7 heteroatoms. The van der Waals surface area contributed by atoms with Gasteiger partial charge in [0.05, 0.1) is 16.7 Å². The Morgan fingerprint density at radius 1 is 1.25 bits per heavy atom. The number of aliphatic hydroxyl groups excluding tert-OH is 1. The topological polar surface area (TPSA) is 62.4 Å². The molecule has 108 valence electrons. The zero-order chi connectivity index (χ0) is 14.5. The third-order valence-corrected chi connectivity index (χ3v) is 4.31. The molecule has 0 saturated heterocycles. The number of thiazole rings is 1.